The molecule has 0 saturated carbocycles. The molecule has 8 heteroatoms. The van der Waals surface area contributed by atoms with Crippen molar-refractivity contribution in [3.63, 3.8) is 0 Å². The van der Waals surface area contributed by atoms with Gasteiger partial charge in [-0.25, -0.2) is 0 Å². The molecule has 8 nitrogen and oxygen atoms in total. The fourth-order valence-electron chi connectivity index (χ4n) is 4.92. The van der Waals surface area contributed by atoms with E-state index in [-0.39, 0.29) is 12.4 Å². The predicted molar refractivity (Wildman–Crippen MR) is 134 cm³/mol. The highest BCUT2D eigenvalue weighted by Gasteiger charge is 2.43. The minimum absolute atomic E-state index is 0.000735. The van der Waals surface area contributed by atoms with E-state index in [9.17, 15) is 9.59 Å². The third kappa shape index (κ3) is 4.80. The van der Waals surface area contributed by atoms with Crippen LogP contribution in [-0.2, 0) is 20.9 Å². The van der Waals surface area contributed by atoms with Gasteiger partial charge in [0.05, 0.1) is 28.4 Å². The number of rotatable bonds is 8. The van der Waals surface area contributed by atoms with Gasteiger partial charge in [0.2, 0.25) is 5.75 Å². The molecule has 0 amide bonds. The van der Waals surface area contributed by atoms with E-state index in [0.717, 1.165) is 23.4 Å². The normalized spacial score (nSPS) is 19.2. The molecule has 4 rings (SSSR count). The van der Waals surface area contributed by atoms with Crippen molar-refractivity contribution >= 4 is 17.5 Å². The Labute approximate surface area is 210 Å². The van der Waals surface area contributed by atoms with E-state index >= 15 is 0 Å². The molecule has 0 bridgehead atoms. The number of hydrogen-bond acceptors (Lipinski definition) is 8. The Morgan fingerprint density at radius 2 is 1.61 bits per heavy atom. The van der Waals surface area contributed by atoms with Crippen LogP contribution in [0.15, 0.2) is 52.7 Å². The van der Waals surface area contributed by atoms with Gasteiger partial charge < -0.3 is 23.7 Å². The second-order valence-corrected chi connectivity index (χ2v) is 8.76. The number of Topliss-reactive ketones (excluding diaryl/α,β-unsaturated/α-hetero) is 1. The molecule has 0 N–H and O–H groups in total. The van der Waals surface area contributed by atoms with Crippen molar-refractivity contribution < 1.29 is 33.3 Å². The van der Waals surface area contributed by atoms with Crippen LogP contribution in [0.3, 0.4) is 0 Å². The Morgan fingerprint density at radius 3 is 2.19 bits per heavy atom. The average Bonchev–Trinajstić information content (AvgIpc) is 2.90. The van der Waals surface area contributed by atoms with E-state index < -0.39 is 17.8 Å². The largest absolute Gasteiger partial charge is 0.497 e. The lowest BCUT2D eigenvalue weighted by molar-refractivity contribution is -0.148. The number of ether oxygens (including phenoxy) is 5. The maximum atomic E-state index is 13.6. The summed E-state index contributed by atoms with van der Waals surface area (Å²) >= 11 is 0. The molecule has 0 spiro atoms. The lowest BCUT2D eigenvalue weighted by Crippen LogP contribution is -2.37. The van der Waals surface area contributed by atoms with Gasteiger partial charge in [-0.2, -0.15) is 0 Å². The highest BCUT2D eigenvalue weighted by atomic mass is 16.5. The molecule has 0 fully saturated rings. The molecule has 0 radical (unpaired) electrons. The zero-order valence-electron chi connectivity index (χ0n) is 21.3. The summed E-state index contributed by atoms with van der Waals surface area (Å²) in [5.41, 5.74) is 3.44. The maximum absolute atomic E-state index is 13.6. The minimum atomic E-state index is -0.771. The monoisotopic (exact) mass is 493 g/mol. The molecule has 1 aliphatic heterocycles. The summed E-state index contributed by atoms with van der Waals surface area (Å²) in [6, 6.07) is 10.9. The zero-order valence-corrected chi connectivity index (χ0v) is 21.3. The minimum Gasteiger partial charge on any atom is -0.497 e. The number of ketones is 1. The fraction of sp³-hybridized carbons (Fsp3) is 0.393. The summed E-state index contributed by atoms with van der Waals surface area (Å²) in [5.74, 6) is 0.251. The second kappa shape index (κ2) is 10.8. The van der Waals surface area contributed by atoms with Crippen molar-refractivity contribution in [3.8, 4) is 23.0 Å². The first-order valence-electron chi connectivity index (χ1n) is 11.8. The molecule has 2 aliphatic rings. The smallest absolute Gasteiger partial charge is 0.315 e. The Balaban J connectivity index is 1.74. The van der Waals surface area contributed by atoms with Crippen molar-refractivity contribution in [2.24, 2.45) is 10.9 Å². The van der Waals surface area contributed by atoms with Gasteiger partial charge >= 0.3 is 5.97 Å². The lowest BCUT2D eigenvalue weighted by atomic mass is 9.71. The summed E-state index contributed by atoms with van der Waals surface area (Å²) in [6.45, 7) is 1.90. The highest BCUT2D eigenvalue weighted by Crippen LogP contribution is 2.48. The van der Waals surface area contributed by atoms with Crippen molar-refractivity contribution in [2.45, 2.75) is 38.7 Å². The van der Waals surface area contributed by atoms with Crippen LogP contribution in [0.4, 0.5) is 0 Å². The summed E-state index contributed by atoms with van der Waals surface area (Å²) in [7, 11) is 6.19. The zero-order chi connectivity index (χ0) is 25.8. The molecule has 1 aliphatic carbocycles. The second-order valence-electron chi connectivity index (χ2n) is 8.76. The number of hydrogen-bond donors (Lipinski definition) is 0. The number of nitrogens with zero attached hydrogens (tertiary/aromatic N) is 1. The van der Waals surface area contributed by atoms with Crippen molar-refractivity contribution in [1.29, 1.82) is 0 Å². The van der Waals surface area contributed by atoms with Gasteiger partial charge in [-0.15, -0.1) is 0 Å². The van der Waals surface area contributed by atoms with Gasteiger partial charge in [0.25, 0.3) is 0 Å². The van der Waals surface area contributed by atoms with Crippen molar-refractivity contribution in [1.82, 2.24) is 0 Å². The van der Waals surface area contributed by atoms with Gasteiger partial charge in [-0.05, 0) is 55.2 Å². The molecule has 0 saturated heterocycles. The van der Waals surface area contributed by atoms with E-state index in [2.05, 4.69) is 0 Å². The van der Waals surface area contributed by atoms with E-state index in [1.165, 1.54) is 21.3 Å². The number of aliphatic imine (C=N–C) groups is 1. The number of allylic oxidation sites excluding steroid dienone is 2. The van der Waals surface area contributed by atoms with E-state index in [4.69, 9.17) is 28.7 Å². The van der Waals surface area contributed by atoms with Crippen LogP contribution in [0.1, 0.15) is 43.2 Å². The first kappa shape index (κ1) is 25.3. The van der Waals surface area contributed by atoms with Crippen LogP contribution in [-0.4, -0.2) is 45.9 Å². The summed E-state index contributed by atoms with van der Waals surface area (Å²) in [6.07, 6.45) is 1.85. The summed E-state index contributed by atoms with van der Waals surface area (Å²) in [4.78, 5) is 31.4. The highest BCUT2D eigenvalue weighted by molar-refractivity contribution is 6.08. The van der Waals surface area contributed by atoms with Gasteiger partial charge in [-0.3, -0.25) is 14.6 Å². The Kier molecular flexibility index (Phi) is 7.62. The number of methoxy groups -OCH3 is 4. The molecule has 0 aromatic heterocycles. The first-order valence-corrected chi connectivity index (χ1v) is 11.8. The van der Waals surface area contributed by atoms with E-state index in [1.807, 2.05) is 31.2 Å². The first-order chi connectivity index (χ1) is 17.4. The quantitative estimate of drug-likeness (QED) is 0.495. The van der Waals surface area contributed by atoms with E-state index in [0.29, 0.717) is 46.9 Å². The molecule has 2 aromatic carbocycles. The van der Waals surface area contributed by atoms with Gasteiger partial charge in [0, 0.05) is 29.3 Å². The van der Waals surface area contributed by atoms with E-state index in [1.54, 1.807) is 19.2 Å². The van der Waals surface area contributed by atoms with Crippen molar-refractivity contribution in [3.05, 3.63) is 58.8 Å². The van der Waals surface area contributed by atoms with Crippen LogP contribution in [0, 0.1) is 5.92 Å². The average molecular weight is 494 g/mol. The topological polar surface area (TPSA) is 92.7 Å². The van der Waals surface area contributed by atoms with Crippen LogP contribution in [0.5, 0.6) is 23.0 Å². The standard InChI is InChI=1S/C28H31NO7/c1-16-24(28(31)36-15-17-9-11-19(32-2)12-10-17)25(26-20(29-16)7-6-8-21(26)30)18-13-22(33-3)27(35-5)23(14-18)34-4/h9-14,24-25H,6-8,15H2,1-5H3/t24?,25-/m1/s1. The number of benzene rings is 2. The molecule has 2 aromatic rings. The number of carbonyl (C=O) groups is 2. The Morgan fingerprint density at radius 1 is 0.944 bits per heavy atom. The molecule has 190 valence electrons. The molecule has 1 heterocycles. The van der Waals surface area contributed by atoms with Crippen LogP contribution >= 0.6 is 0 Å². The number of esters is 1. The fourth-order valence-corrected chi connectivity index (χ4v) is 4.92. The number of carbonyl (C=O) groups excluding carboxylic acids is 2. The van der Waals surface area contributed by atoms with Crippen LogP contribution in [0.25, 0.3) is 0 Å². The SMILES string of the molecule is COc1ccc(COC(=O)C2C(C)=NC3=C(C(=O)CCC3)[C@@H]2c2cc(OC)c(OC)c(OC)c2)cc1. The Hall–Kier alpha value is -3.81. The molecule has 2 atom stereocenters. The molecule has 36 heavy (non-hydrogen) atoms. The van der Waals surface area contributed by atoms with Gasteiger partial charge in [-0.1, -0.05) is 12.1 Å². The maximum Gasteiger partial charge on any atom is 0.315 e. The molecular formula is C28H31NO7. The van der Waals surface area contributed by atoms with Crippen LogP contribution in [0.2, 0.25) is 0 Å². The van der Waals surface area contributed by atoms with Gasteiger partial charge in [0.1, 0.15) is 18.3 Å². The predicted octanol–water partition coefficient (Wildman–Crippen LogP) is 4.65. The lowest BCUT2D eigenvalue weighted by Gasteiger charge is -2.34. The summed E-state index contributed by atoms with van der Waals surface area (Å²) in [5, 5.41) is 0. The molecular weight excluding hydrogens is 462 g/mol. The van der Waals surface area contributed by atoms with Gasteiger partial charge in [0.15, 0.2) is 17.3 Å². The van der Waals surface area contributed by atoms with Crippen molar-refractivity contribution in [2.75, 3.05) is 28.4 Å². The van der Waals surface area contributed by atoms with Crippen LogP contribution < -0.4 is 18.9 Å². The summed E-state index contributed by atoms with van der Waals surface area (Å²) < 4.78 is 27.5. The Bertz CT molecular complexity index is 1190. The molecule has 1 unspecified atom stereocenters. The third-order valence-electron chi connectivity index (χ3n) is 6.67. The third-order valence-corrected chi connectivity index (χ3v) is 6.67.